The highest BCUT2D eigenvalue weighted by molar-refractivity contribution is 7.12. The predicted octanol–water partition coefficient (Wildman–Crippen LogP) is 3.39. The number of carbonyl (C=O) groups excluding carboxylic acids is 2. The van der Waals surface area contributed by atoms with Crippen molar-refractivity contribution in [3.63, 3.8) is 0 Å². The number of amides is 2. The summed E-state index contributed by atoms with van der Waals surface area (Å²) in [5, 5.41) is 5.18. The summed E-state index contributed by atoms with van der Waals surface area (Å²) in [6, 6.07) is 11.9. The summed E-state index contributed by atoms with van der Waals surface area (Å²) < 4.78 is 5.51. The third-order valence-corrected chi connectivity index (χ3v) is 6.86. The second-order valence-electron chi connectivity index (χ2n) is 8.03. The zero-order chi connectivity index (χ0) is 20.9. The quantitative estimate of drug-likeness (QED) is 0.795. The van der Waals surface area contributed by atoms with Gasteiger partial charge in [-0.3, -0.25) is 9.59 Å². The third kappa shape index (κ3) is 4.61. The molecule has 2 fully saturated rings. The molecule has 0 spiro atoms. The Morgan fingerprint density at radius 3 is 2.70 bits per heavy atom. The summed E-state index contributed by atoms with van der Waals surface area (Å²) >= 11 is 1.46. The minimum Gasteiger partial charge on any atom is -0.495 e. The first-order valence-electron chi connectivity index (χ1n) is 10.7. The molecule has 0 saturated carbocycles. The Morgan fingerprint density at radius 2 is 1.90 bits per heavy atom. The summed E-state index contributed by atoms with van der Waals surface area (Å²) in [7, 11) is 1.69. The highest BCUT2D eigenvalue weighted by atomic mass is 32.1. The zero-order valence-corrected chi connectivity index (χ0v) is 18.2. The standard InChI is InChI=1S/C23H29N3O3S/c1-29-20-10-3-2-9-19(20)25-12-5-8-18(16-25)24-22(27)17-7-4-13-26(15-17)23(28)21-11-6-14-30-21/h2-3,6,9-11,14,17-18H,4-5,7-8,12-13,15-16H2,1H3,(H,24,27). The SMILES string of the molecule is COc1ccccc1N1CCCC(NC(=O)C2CCCN(C(=O)c3cccs3)C2)C1. The number of thiophene rings is 1. The van der Waals surface area contributed by atoms with Crippen LogP contribution in [-0.4, -0.2) is 56.0 Å². The van der Waals surface area contributed by atoms with E-state index >= 15 is 0 Å². The lowest BCUT2D eigenvalue weighted by Gasteiger charge is -2.37. The number of piperidine rings is 2. The topological polar surface area (TPSA) is 61.9 Å². The molecule has 2 atom stereocenters. The first kappa shape index (κ1) is 20.7. The lowest BCUT2D eigenvalue weighted by molar-refractivity contribution is -0.127. The Bertz CT molecular complexity index is 870. The number of carbonyl (C=O) groups is 2. The molecule has 2 aliphatic heterocycles. The predicted molar refractivity (Wildman–Crippen MR) is 119 cm³/mol. The number of likely N-dealkylation sites (tertiary alicyclic amines) is 1. The Labute approximate surface area is 181 Å². The molecule has 1 aromatic carbocycles. The summed E-state index contributed by atoms with van der Waals surface area (Å²) in [5.41, 5.74) is 1.07. The zero-order valence-electron chi connectivity index (χ0n) is 17.4. The smallest absolute Gasteiger partial charge is 0.263 e. The molecule has 7 heteroatoms. The van der Waals surface area contributed by atoms with Crippen molar-refractivity contribution in [1.82, 2.24) is 10.2 Å². The molecular formula is C23H29N3O3S. The minimum atomic E-state index is -0.135. The van der Waals surface area contributed by atoms with Gasteiger partial charge in [0.1, 0.15) is 5.75 Å². The Kier molecular flexibility index (Phi) is 6.57. The molecule has 2 aromatic rings. The first-order chi connectivity index (χ1) is 14.7. The number of rotatable bonds is 5. The van der Waals surface area contributed by atoms with E-state index < -0.39 is 0 Å². The number of para-hydroxylation sites is 2. The van der Waals surface area contributed by atoms with Crippen LogP contribution < -0.4 is 15.0 Å². The van der Waals surface area contributed by atoms with Gasteiger partial charge in [0.25, 0.3) is 5.91 Å². The Morgan fingerprint density at radius 1 is 1.07 bits per heavy atom. The van der Waals surface area contributed by atoms with E-state index in [4.69, 9.17) is 4.74 Å². The molecule has 1 N–H and O–H groups in total. The molecule has 0 aliphatic carbocycles. The van der Waals surface area contributed by atoms with Gasteiger partial charge in [0.15, 0.2) is 0 Å². The monoisotopic (exact) mass is 427 g/mol. The maximum absolute atomic E-state index is 13.0. The van der Waals surface area contributed by atoms with Gasteiger partial charge in [-0.25, -0.2) is 0 Å². The maximum atomic E-state index is 13.0. The van der Waals surface area contributed by atoms with Gasteiger partial charge in [0.05, 0.1) is 23.6 Å². The molecule has 2 saturated heterocycles. The van der Waals surface area contributed by atoms with Crippen LogP contribution in [0, 0.1) is 5.92 Å². The van der Waals surface area contributed by atoms with Crippen LogP contribution in [0.2, 0.25) is 0 Å². The van der Waals surface area contributed by atoms with Crippen molar-refractivity contribution in [2.75, 3.05) is 38.2 Å². The number of nitrogens with zero attached hydrogens (tertiary/aromatic N) is 2. The number of methoxy groups -OCH3 is 1. The molecule has 1 aromatic heterocycles. The molecule has 2 aliphatic rings. The fraction of sp³-hybridized carbons (Fsp3) is 0.478. The number of hydrogen-bond donors (Lipinski definition) is 1. The van der Waals surface area contributed by atoms with Crippen molar-refractivity contribution in [3.8, 4) is 5.75 Å². The van der Waals surface area contributed by atoms with E-state index in [2.05, 4.69) is 16.3 Å². The van der Waals surface area contributed by atoms with E-state index in [1.165, 1.54) is 11.3 Å². The summed E-state index contributed by atoms with van der Waals surface area (Å²) in [5.74, 6) is 0.844. The molecule has 0 bridgehead atoms. The van der Waals surface area contributed by atoms with E-state index in [0.717, 1.165) is 61.6 Å². The fourth-order valence-electron chi connectivity index (χ4n) is 4.46. The number of hydrogen-bond acceptors (Lipinski definition) is 5. The van der Waals surface area contributed by atoms with Crippen LogP contribution in [-0.2, 0) is 4.79 Å². The number of benzene rings is 1. The summed E-state index contributed by atoms with van der Waals surface area (Å²) in [6.07, 6.45) is 3.70. The summed E-state index contributed by atoms with van der Waals surface area (Å²) in [4.78, 5) is 30.5. The normalized spacial score (nSPS) is 21.9. The second kappa shape index (κ2) is 9.51. The minimum absolute atomic E-state index is 0.0440. The largest absolute Gasteiger partial charge is 0.495 e. The van der Waals surface area contributed by atoms with Gasteiger partial charge in [-0.05, 0) is 49.3 Å². The van der Waals surface area contributed by atoms with E-state index in [9.17, 15) is 9.59 Å². The van der Waals surface area contributed by atoms with Gasteiger partial charge in [-0.1, -0.05) is 18.2 Å². The maximum Gasteiger partial charge on any atom is 0.263 e. The molecule has 3 heterocycles. The van der Waals surface area contributed by atoms with Crippen molar-refractivity contribution >= 4 is 28.8 Å². The molecule has 4 rings (SSSR count). The van der Waals surface area contributed by atoms with Crippen LogP contribution in [0.3, 0.4) is 0 Å². The summed E-state index contributed by atoms with van der Waals surface area (Å²) in [6.45, 7) is 2.97. The van der Waals surface area contributed by atoms with E-state index in [1.54, 1.807) is 7.11 Å². The third-order valence-electron chi connectivity index (χ3n) is 6.00. The molecule has 6 nitrogen and oxygen atoms in total. The van der Waals surface area contributed by atoms with Crippen molar-refractivity contribution < 1.29 is 14.3 Å². The average Bonchev–Trinajstić information content (AvgIpc) is 3.34. The number of ether oxygens (including phenoxy) is 1. The molecule has 160 valence electrons. The first-order valence-corrected chi connectivity index (χ1v) is 11.5. The van der Waals surface area contributed by atoms with Crippen molar-refractivity contribution in [2.45, 2.75) is 31.7 Å². The van der Waals surface area contributed by atoms with Gasteiger partial charge in [-0.2, -0.15) is 0 Å². The van der Waals surface area contributed by atoms with Crippen LogP contribution in [0.15, 0.2) is 41.8 Å². The van der Waals surface area contributed by atoms with Crippen molar-refractivity contribution in [2.24, 2.45) is 5.92 Å². The van der Waals surface area contributed by atoms with Crippen molar-refractivity contribution in [1.29, 1.82) is 0 Å². The molecule has 2 unspecified atom stereocenters. The number of anilines is 1. The van der Waals surface area contributed by atoms with Crippen molar-refractivity contribution in [3.05, 3.63) is 46.7 Å². The molecular weight excluding hydrogens is 398 g/mol. The van der Waals surface area contributed by atoms with E-state index in [1.807, 2.05) is 40.6 Å². The van der Waals surface area contributed by atoms with E-state index in [-0.39, 0.29) is 23.8 Å². The Hall–Kier alpha value is -2.54. The van der Waals surface area contributed by atoms with Crippen LogP contribution in [0.25, 0.3) is 0 Å². The lowest BCUT2D eigenvalue weighted by atomic mass is 9.95. The van der Waals surface area contributed by atoms with E-state index in [0.29, 0.717) is 6.54 Å². The van der Waals surface area contributed by atoms with Crippen LogP contribution in [0.4, 0.5) is 5.69 Å². The van der Waals surface area contributed by atoms with Gasteiger partial charge in [0, 0.05) is 32.2 Å². The van der Waals surface area contributed by atoms with Gasteiger partial charge in [-0.15, -0.1) is 11.3 Å². The highest BCUT2D eigenvalue weighted by Crippen LogP contribution is 2.30. The number of nitrogens with one attached hydrogen (secondary N) is 1. The lowest BCUT2D eigenvalue weighted by Crippen LogP contribution is -2.52. The molecule has 2 amide bonds. The Balaban J connectivity index is 1.35. The van der Waals surface area contributed by atoms with Gasteiger partial charge < -0.3 is 19.9 Å². The van der Waals surface area contributed by atoms with Gasteiger partial charge >= 0.3 is 0 Å². The second-order valence-corrected chi connectivity index (χ2v) is 8.98. The fourth-order valence-corrected chi connectivity index (χ4v) is 5.15. The average molecular weight is 428 g/mol. The highest BCUT2D eigenvalue weighted by Gasteiger charge is 2.31. The molecule has 30 heavy (non-hydrogen) atoms. The van der Waals surface area contributed by atoms with Gasteiger partial charge in [0.2, 0.25) is 5.91 Å². The molecule has 0 radical (unpaired) electrons. The van der Waals surface area contributed by atoms with Crippen LogP contribution in [0.5, 0.6) is 5.75 Å². The van der Waals surface area contributed by atoms with Crippen LogP contribution >= 0.6 is 11.3 Å². The van der Waals surface area contributed by atoms with Crippen LogP contribution in [0.1, 0.15) is 35.4 Å².